The van der Waals surface area contributed by atoms with Gasteiger partial charge in [-0.1, -0.05) is 55.2 Å². The molecule has 1 fully saturated rings. The number of aliphatic carboxylic acids is 1. The molecule has 0 heterocycles. The molecule has 1 saturated carbocycles. The number of carbonyl (C=O) groups excluding carboxylic acids is 3. The first kappa shape index (κ1) is 26.7. The smallest absolute Gasteiger partial charge is 0.309 e. The van der Waals surface area contributed by atoms with E-state index in [0.717, 1.165) is 5.56 Å². The third-order valence-corrected chi connectivity index (χ3v) is 7.99. The minimum absolute atomic E-state index is 0.178. The molecule has 0 radical (unpaired) electrons. The van der Waals surface area contributed by atoms with Gasteiger partial charge in [-0.05, 0) is 61.4 Å². The molecule has 3 rings (SSSR count). The van der Waals surface area contributed by atoms with E-state index in [1.165, 1.54) is 0 Å². The second kappa shape index (κ2) is 10.4. The first-order chi connectivity index (χ1) is 16.4. The zero-order valence-electron chi connectivity index (χ0n) is 19.7. The third-order valence-electron chi connectivity index (χ3n) is 7.36. The maximum Gasteiger partial charge on any atom is 0.309 e. The summed E-state index contributed by atoms with van der Waals surface area (Å²) in [6.07, 6.45) is 1.76. The monoisotopic (exact) mass is 518 g/mol. The molecular weight excluding hydrogens is 491 g/mol. The van der Waals surface area contributed by atoms with Crippen LogP contribution < -0.4 is 10.6 Å². The highest BCUT2D eigenvalue weighted by molar-refractivity contribution is 6.40. The SMILES string of the molecule is CC1(C)[C@H](C(=O)NC(C=O)Cc2ccc(NC(=O)c3c(Cl)cccc3Cl)cc2)CC[C@@]1(C)C(=O)O. The summed E-state index contributed by atoms with van der Waals surface area (Å²) >= 11 is 12.2. The van der Waals surface area contributed by atoms with Crippen LogP contribution in [-0.2, 0) is 20.8 Å². The van der Waals surface area contributed by atoms with Gasteiger partial charge in [0, 0.05) is 11.6 Å². The molecule has 1 aliphatic carbocycles. The van der Waals surface area contributed by atoms with Crippen molar-refractivity contribution in [2.45, 2.75) is 46.1 Å². The summed E-state index contributed by atoms with van der Waals surface area (Å²) in [6, 6.07) is 10.9. The van der Waals surface area contributed by atoms with Gasteiger partial charge < -0.3 is 20.5 Å². The maximum absolute atomic E-state index is 13.0. The lowest BCUT2D eigenvalue weighted by Gasteiger charge is -2.38. The van der Waals surface area contributed by atoms with Crippen LogP contribution in [0.15, 0.2) is 42.5 Å². The number of hydrogen-bond acceptors (Lipinski definition) is 4. The van der Waals surface area contributed by atoms with Gasteiger partial charge in [0.2, 0.25) is 5.91 Å². The lowest BCUT2D eigenvalue weighted by Crippen LogP contribution is -2.48. The number of carbonyl (C=O) groups is 4. The van der Waals surface area contributed by atoms with Crippen LogP contribution in [0.1, 0.15) is 49.5 Å². The second-order valence-electron chi connectivity index (χ2n) is 9.65. The van der Waals surface area contributed by atoms with Crippen LogP contribution in [0.4, 0.5) is 5.69 Å². The number of rotatable bonds is 8. The van der Waals surface area contributed by atoms with Crippen molar-refractivity contribution in [2.24, 2.45) is 16.7 Å². The fourth-order valence-corrected chi connectivity index (χ4v) is 5.21. The Bertz CT molecular complexity index is 1130. The molecule has 2 aromatic rings. The lowest BCUT2D eigenvalue weighted by atomic mass is 9.65. The fourth-order valence-electron chi connectivity index (χ4n) is 4.64. The number of carboxylic acids is 1. The van der Waals surface area contributed by atoms with Crippen molar-refractivity contribution in [1.29, 1.82) is 0 Å². The Hall–Kier alpha value is -2.90. The van der Waals surface area contributed by atoms with E-state index in [1.807, 2.05) is 0 Å². The number of hydrogen-bond donors (Lipinski definition) is 3. The molecule has 7 nitrogen and oxygen atoms in total. The summed E-state index contributed by atoms with van der Waals surface area (Å²) in [5.74, 6) is -2.20. The molecule has 3 atom stereocenters. The molecule has 1 unspecified atom stereocenters. The molecule has 0 spiro atoms. The van der Waals surface area contributed by atoms with E-state index in [1.54, 1.807) is 63.2 Å². The summed E-state index contributed by atoms with van der Waals surface area (Å²) in [6.45, 7) is 5.24. The van der Waals surface area contributed by atoms with Gasteiger partial charge in [0.25, 0.3) is 5.91 Å². The first-order valence-corrected chi connectivity index (χ1v) is 12.0. The molecule has 0 bridgehead atoms. The minimum atomic E-state index is -1.01. The molecule has 0 saturated heterocycles. The average molecular weight is 519 g/mol. The molecule has 2 aromatic carbocycles. The zero-order chi connectivity index (χ0) is 26.0. The molecule has 35 heavy (non-hydrogen) atoms. The van der Waals surface area contributed by atoms with Crippen molar-refractivity contribution in [1.82, 2.24) is 5.32 Å². The number of nitrogens with one attached hydrogen (secondary N) is 2. The summed E-state index contributed by atoms with van der Waals surface area (Å²) in [5.41, 5.74) is -0.308. The number of halogens is 2. The highest BCUT2D eigenvalue weighted by Crippen LogP contribution is 2.56. The van der Waals surface area contributed by atoms with Gasteiger partial charge in [-0.3, -0.25) is 14.4 Å². The van der Waals surface area contributed by atoms with Crippen molar-refractivity contribution >= 4 is 53.0 Å². The van der Waals surface area contributed by atoms with E-state index in [4.69, 9.17) is 23.2 Å². The largest absolute Gasteiger partial charge is 0.481 e. The maximum atomic E-state index is 13.0. The van der Waals surface area contributed by atoms with Crippen molar-refractivity contribution in [3.63, 3.8) is 0 Å². The minimum Gasteiger partial charge on any atom is -0.481 e. The van der Waals surface area contributed by atoms with E-state index in [9.17, 15) is 24.3 Å². The molecule has 0 aromatic heterocycles. The summed E-state index contributed by atoms with van der Waals surface area (Å²) in [4.78, 5) is 49.0. The Labute approximate surface area is 214 Å². The van der Waals surface area contributed by atoms with Crippen LogP contribution in [0.3, 0.4) is 0 Å². The molecule has 9 heteroatoms. The van der Waals surface area contributed by atoms with Crippen LogP contribution in [0.5, 0.6) is 0 Å². The molecular formula is C26H28Cl2N2O5. The van der Waals surface area contributed by atoms with Gasteiger partial charge in [0.1, 0.15) is 6.29 Å². The van der Waals surface area contributed by atoms with E-state index in [-0.39, 0.29) is 27.9 Å². The summed E-state index contributed by atoms with van der Waals surface area (Å²) in [5, 5.41) is 15.7. The number of carboxylic acid groups (broad SMARTS) is 1. The van der Waals surface area contributed by atoms with Crippen LogP contribution in [0.2, 0.25) is 10.0 Å². The molecule has 186 valence electrons. The number of amides is 2. The van der Waals surface area contributed by atoms with E-state index in [0.29, 0.717) is 24.8 Å². The Morgan fingerprint density at radius 1 is 1.09 bits per heavy atom. The lowest BCUT2D eigenvalue weighted by molar-refractivity contribution is -0.155. The normalized spacial score (nSPS) is 21.7. The van der Waals surface area contributed by atoms with Crippen LogP contribution in [0.25, 0.3) is 0 Å². The quantitative estimate of drug-likeness (QED) is 0.425. The standard InChI is InChI=1S/C26H28Cl2N2O5/c1-25(2)18(11-12-26(25,3)24(34)35)22(32)30-17(14-31)13-15-7-9-16(10-8-15)29-23(33)21-19(27)5-4-6-20(21)28/h4-10,14,17-18H,11-13H2,1-3H3,(H,29,33)(H,30,32)(H,34,35)/t17?,18-,26-/m0/s1. The number of anilines is 1. The van der Waals surface area contributed by atoms with Crippen molar-refractivity contribution in [2.75, 3.05) is 5.32 Å². The predicted octanol–water partition coefficient (Wildman–Crippen LogP) is 5.00. The fraction of sp³-hybridized carbons (Fsp3) is 0.385. The second-order valence-corrected chi connectivity index (χ2v) is 10.5. The topological polar surface area (TPSA) is 113 Å². The molecule has 1 aliphatic rings. The molecule has 2 amide bonds. The highest BCUT2D eigenvalue weighted by Gasteiger charge is 2.58. The highest BCUT2D eigenvalue weighted by atomic mass is 35.5. The number of aldehydes is 1. The number of benzene rings is 2. The van der Waals surface area contributed by atoms with Crippen LogP contribution in [0, 0.1) is 16.7 Å². The Kier molecular flexibility index (Phi) is 7.92. The van der Waals surface area contributed by atoms with E-state index in [2.05, 4.69) is 10.6 Å². The van der Waals surface area contributed by atoms with Crippen LogP contribution >= 0.6 is 23.2 Å². The predicted molar refractivity (Wildman–Crippen MR) is 135 cm³/mol. The van der Waals surface area contributed by atoms with Gasteiger partial charge in [-0.25, -0.2) is 0 Å². The Balaban J connectivity index is 1.63. The Morgan fingerprint density at radius 3 is 2.20 bits per heavy atom. The summed E-state index contributed by atoms with van der Waals surface area (Å²) < 4.78 is 0. The van der Waals surface area contributed by atoms with Crippen molar-refractivity contribution in [3.8, 4) is 0 Å². The summed E-state index contributed by atoms with van der Waals surface area (Å²) in [7, 11) is 0. The third kappa shape index (κ3) is 5.36. The molecule has 0 aliphatic heterocycles. The van der Waals surface area contributed by atoms with Crippen molar-refractivity contribution in [3.05, 3.63) is 63.6 Å². The Morgan fingerprint density at radius 2 is 1.69 bits per heavy atom. The van der Waals surface area contributed by atoms with Gasteiger partial charge >= 0.3 is 5.97 Å². The van der Waals surface area contributed by atoms with Gasteiger partial charge in [0.15, 0.2) is 0 Å². The van der Waals surface area contributed by atoms with Gasteiger partial charge in [-0.2, -0.15) is 0 Å². The van der Waals surface area contributed by atoms with E-state index >= 15 is 0 Å². The first-order valence-electron chi connectivity index (χ1n) is 11.2. The van der Waals surface area contributed by atoms with Crippen LogP contribution in [-0.4, -0.2) is 35.2 Å². The van der Waals surface area contributed by atoms with Gasteiger partial charge in [0.05, 0.1) is 27.1 Å². The average Bonchev–Trinajstić information content (AvgIpc) is 3.04. The molecule has 3 N–H and O–H groups in total. The van der Waals surface area contributed by atoms with Gasteiger partial charge in [-0.15, -0.1) is 0 Å². The zero-order valence-corrected chi connectivity index (χ0v) is 21.2. The van der Waals surface area contributed by atoms with E-state index < -0.39 is 34.7 Å². The van der Waals surface area contributed by atoms with Crippen molar-refractivity contribution < 1.29 is 24.3 Å².